The highest BCUT2D eigenvalue weighted by molar-refractivity contribution is 5.87. The van der Waals surface area contributed by atoms with Gasteiger partial charge in [0.25, 0.3) is 0 Å². The average molecular weight is 411 g/mol. The van der Waals surface area contributed by atoms with Crippen molar-refractivity contribution in [1.29, 1.82) is 0 Å². The third-order valence-corrected chi connectivity index (χ3v) is 5.40. The van der Waals surface area contributed by atoms with E-state index in [0.717, 1.165) is 23.3 Å². The van der Waals surface area contributed by atoms with Crippen LogP contribution in [0.3, 0.4) is 0 Å². The first-order valence-electron chi connectivity index (χ1n) is 10.6. The summed E-state index contributed by atoms with van der Waals surface area (Å²) in [5.41, 5.74) is 3.24. The molecule has 1 N–H and O–H groups in total. The van der Waals surface area contributed by atoms with Crippen LogP contribution in [-0.2, 0) is 22.6 Å². The summed E-state index contributed by atoms with van der Waals surface area (Å²) >= 11 is 0. The molecule has 5 heteroatoms. The number of hydrogen-bond acceptors (Lipinski definition) is 3. The molecule has 2 amide bonds. The van der Waals surface area contributed by atoms with Gasteiger partial charge in [-0.25, -0.2) is 0 Å². The van der Waals surface area contributed by atoms with Gasteiger partial charge in [0, 0.05) is 19.0 Å². The molecule has 2 unspecified atom stereocenters. The Morgan fingerprint density at radius 2 is 1.77 bits per heavy atom. The van der Waals surface area contributed by atoms with E-state index in [1.54, 1.807) is 18.9 Å². The summed E-state index contributed by atoms with van der Waals surface area (Å²) in [6, 6.07) is 15.3. The molecule has 2 aromatic rings. The molecule has 0 saturated carbocycles. The van der Waals surface area contributed by atoms with Crippen LogP contribution >= 0.6 is 0 Å². The number of nitrogens with one attached hydrogen (secondary N) is 1. The van der Waals surface area contributed by atoms with Gasteiger partial charge in [0.1, 0.15) is 11.8 Å². The van der Waals surface area contributed by atoms with Crippen molar-refractivity contribution in [3.05, 3.63) is 65.2 Å². The largest absolute Gasteiger partial charge is 0.497 e. The van der Waals surface area contributed by atoms with Crippen LogP contribution in [0.25, 0.3) is 0 Å². The molecule has 0 aliphatic rings. The van der Waals surface area contributed by atoms with Crippen LogP contribution in [-0.4, -0.2) is 35.9 Å². The van der Waals surface area contributed by atoms with Crippen LogP contribution in [0, 0.1) is 6.92 Å². The third-order valence-electron chi connectivity index (χ3n) is 5.40. The number of carbonyl (C=O) groups is 2. The summed E-state index contributed by atoms with van der Waals surface area (Å²) in [6.07, 6.45) is 1.84. The van der Waals surface area contributed by atoms with E-state index < -0.39 is 6.04 Å². The maximum atomic E-state index is 13.2. The van der Waals surface area contributed by atoms with E-state index >= 15 is 0 Å². The van der Waals surface area contributed by atoms with E-state index in [4.69, 9.17) is 4.74 Å². The first-order chi connectivity index (χ1) is 14.3. The van der Waals surface area contributed by atoms with E-state index in [1.807, 2.05) is 57.2 Å². The molecule has 162 valence electrons. The number of aryl methyl sites for hydroxylation is 2. The van der Waals surface area contributed by atoms with E-state index in [9.17, 15) is 9.59 Å². The zero-order chi connectivity index (χ0) is 22.1. The number of amides is 2. The fourth-order valence-corrected chi connectivity index (χ4v) is 3.17. The molecule has 0 radical (unpaired) electrons. The van der Waals surface area contributed by atoms with Crippen LogP contribution in [0.4, 0.5) is 0 Å². The molecule has 2 aromatic carbocycles. The Morgan fingerprint density at radius 3 is 2.40 bits per heavy atom. The second-order valence-corrected chi connectivity index (χ2v) is 7.85. The van der Waals surface area contributed by atoms with Gasteiger partial charge in [0.15, 0.2) is 0 Å². The van der Waals surface area contributed by atoms with E-state index in [-0.39, 0.29) is 17.9 Å². The van der Waals surface area contributed by atoms with Crippen molar-refractivity contribution in [1.82, 2.24) is 10.2 Å². The fraction of sp³-hybridized carbons (Fsp3) is 0.440. The molecule has 0 aromatic heterocycles. The van der Waals surface area contributed by atoms with Crippen molar-refractivity contribution in [2.24, 2.45) is 0 Å². The quantitative estimate of drug-likeness (QED) is 0.636. The van der Waals surface area contributed by atoms with Gasteiger partial charge in [-0.2, -0.15) is 0 Å². The van der Waals surface area contributed by atoms with Crippen molar-refractivity contribution < 1.29 is 14.3 Å². The third kappa shape index (κ3) is 6.90. The lowest BCUT2D eigenvalue weighted by atomic mass is 10.1. The lowest BCUT2D eigenvalue weighted by molar-refractivity contribution is -0.140. The second kappa shape index (κ2) is 11.4. The number of rotatable bonds is 10. The predicted octanol–water partition coefficient (Wildman–Crippen LogP) is 4.27. The Balaban J connectivity index is 2.16. The maximum Gasteiger partial charge on any atom is 0.242 e. The minimum Gasteiger partial charge on any atom is -0.497 e. The van der Waals surface area contributed by atoms with Crippen molar-refractivity contribution in [3.8, 4) is 5.75 Å². The number of nitrogens with zero attached hydrogens (tertiary/aromatic N) is 1. The Labute approximate surface area is 180 Å². The summed E-state index contributed by atoms with van der Waals surface area (Å²) in [4.78, 5) is 27.6. The van der Waals surface area contributed by atoms with Crippen molar-refractivity contribution in [2.75, 3.05) is 7.11 Å². The first-order valence-corrected chi connectivity index (χ1v) is 10.6. The highest BCUT2D eigenvalue weighted by Gasteiger charge is 2.26. The molecule has 0 bridgehead atoms. The Bertz CT molecular complexity index is 833. The Morgan fingerprint density at radius 1 is 1.07 bits per heavy atom. The molecule has 0 heterocycles. The standard InChI is InChI=1S/C25H34N2O3/c1-6-19(3)26-25(29)20(4)27(17-22-8-7-9-23(16-22)30-5)24(28)15-14-21-12-10-18(2)11-13-21/h7-13,16,19-20H,6,14-15,17H2,1-5H3,(H,26,29). The lowest BCUT2D eigenvalue weighted by Crippen LogP contribution is -2.49. The monoisotopic (exact) mass is 410 g/mol. The topological polar surface area (TPSA) is 58.6 Å². The molecule has 5 nitrogen and oxygen atoms in total. The molecular formula is C25H34N2O3. The SMILES string of the molecule is CCC(C)NC(=O)C(C)N(Cc1cccc(OC)c1)C(=O)CCc1ccc(C)cc1. The van der Waals surface area contributed by atoms with Crippen molar-refractivity contribution in [2.45, 2.75) is 65.6 Å². The number of carbonyl (C=O) groups excluding carboxylic acids is 2. The van der Waals surface area contributed by atoms with E-state index in [0.29, 0.717) is 19.4 Å². The molecule has 0 aliphatic carbocycles. The Hall–Kier alpha value is -2.82. The zero-order valence-electron chi connectivity index (χ0n) is 18.8. The van der Waals surface area contributed by atoms with Gasteiger partial charge in [0.05, 0.1) is 7.11 Å². The Kier molecular flexibility index (Phi) is 8.90. The van der Waals surface area contributed by atoms with Gasteiger partial charge in [-0.1, -0.05) is 48.9 Å². The van der Waals surface area contributed by atoms with E-state index in [1.165, 1.54) is 5.56 Å². The number of methoxy groups -OCH3 is 1. The second-order valence-electron chi connectivity index (χ2n) is 7.85. The van der Waals surface area contributed by atoms with Crippen LogP contribution in [0.5, 0.6) is 5.75 Å². The molecule has 2 atom stereocenters. The molecule has 0 spiro atoms. The zero-order valence-corrected chi connectivity index (χ0v) is 18.8. The highest BCUT2D eigenvalue weighted by Crippen LogP contribution is 2.17. The predicted molar refractivity (Wildman–Crippen MR) is 120 cm³/mol. The normalized spacial score (nSPS) is 12.7. The van der Waals surface area contributed by atoms with Gasteiger partial charge >= 0.3 is 0 Å². The van der Waals surface area contributed by atoms with Crippen molar-refractivity contribution >= 4 is 11.8 Å². The van der Waals surface area contributed by atoms with Crippen LogP contribution in [0.15, 0.2) is 48.5 Å². The summed E-state index contributed by atoms with van der Waals surface area (Å²) < 4.78 is 5.30. The minimum atomic E-state index is -0.560. The lowest BCUT2D eigenvalue weighted by Gasteiger charge is -2.30. The summed E-state index contributed by atoms with van der Waals surface area (Å²) in [5.74, 6) is 0.567. The summed E-state index contributed by atoms with van der Waals surface area (Å²) in [5, 5.41) is 3.00. The maximum absolute atomic E-state index is 13.2. The molecule has 0 saturated heterocycles. The average Bonchev–Trinajstić information content (AvgIpc) is 2.76. The van der Waals surface area contributed by atoms with Gasteiger partial charge in [-0.15, -0.1) is 0 Å². The molecular weight excluding hydrogens is 376 g/mol. The minimum absolute atomic E-state index is 0.0369. The van der Waals surface area contributed by atoms with Gasteiger partial charge in [-0.3, -0.25) is 9.59 Å². The van der Waals surface area contributed by atoms with Crippen LogP contribution in [0.2, 0.25) is 0 Å². The first kappa shape index (κ1) is 23.5. The van der Waals surface area contributed by atoms with Gasteiger partial charge in [0.2, 0.25) is 11.8 Å². The highest BCUT2D eigenvalue weighted by atomic mass is 16.5. The summed E-state index contributed by atoms with van der Waals surface area (Å²) in [6.45, 7) is 8.19. The smallest absolute Gasteiger partial charge is 0.242 e. The van der Waals surface area contributed by atoms with E-state index in [2.05, 4.69) is 17.4 Å². The van der Waals surface area contributed by atoms with Crippen LogP contribution < -0.4 is 10.1 Å². The fourth-order valence-electron chi connectivity index (χ4n) is 3.17. The molecule has 2 rings (SSSR count). The van der Waals surface area contributed by atoms with Gasteiger partial charge in [-0.05, 0) is 56.9 Å². The molecule has 30 heavy (non-hydrogen) atoms. The van der Waals surface area contributed by atoms with Crippen LogP contribution in [0.1, 0.15) is 50.3 Å². The molecule has 0 aliphatic heterocycles. The molecule has 0 fully saturated rings. The number of hydrogen-bond donors (Lipinski definition) is 1. The number of ether oxygens (including phenoxy) is 1. The van der Waals surface area contributed by atoms with Crippen molar-refractivity contribution in [3.63, 3.8) is 0 Å². The van der Waals surface area contributed by atoms with Gasteiger partial charge < -0.3 is 15.0 Å². The summed E-state index contributed by atoms with van der Waals surface area (Å²) in [7, 11) is 1.62. The number of benzene rings is 2.